The summed E-state index contributed by atoms with van der Waals surface area (Å²) >= 11 is 0. The molecule has 1 atom stereocenters. The van der Waals surface area contributed by atoms with Crippen LogP contribution in [0.15, 0.2) is 29.3 Å². The minimum Gasteiger partial charge on any atom is -0.370 e. The van der Waals surface area contributed by atoms with Crippen LogP contribution < -0.4 is 5.73 Å². The summed E-state index contributed by atoms with van der Waals surface area (Å²) in [5.74, 6) is 0.451. The highest BCUT2D eigenvalue weighted by Gasteiger charge is 2.24. The monoisotopic (exact) mass is 225 g/mol. The zero-order valence-electron chi connectivity index (χ0n) is 8.90. The number of likely N-dealkylation sites (N-methyl/N-ethyl adjacent to an activating group) is 1. The summed E-state index contributed by atoms with van der Waals surface area (Å²) < 4.78 is 25.1. The van der Waals surface area contributed by atoms with Crippen LogP contribution in [0.3, 0.4) is 0 Å². The minimum atomic E-state index is -2.44. The van der Waals surface area contributed by atoms with Crippen molar-refractivity contribution in [2.75, 3.05) is 13.6 Å². The Morgan fingerprint density at radius 3 is 2.81 bits per heavy atom. The lowest BCUT2D eigenvalue weighted by atomic mass is 10.0. The number of benzene rings is 1. The SMILES string of the molecule is CN1C(N)=NCC1c1cccc(C(F)F)c1. The van der Waals surface area contributed by atoms with Crippen molar-refractivity contribution in [2.24, 2.45) is 10.7 Å². The van der Waals surface area contributed by atoms with Gasteiger partial charge in [-0.05, 0) is 11.6 Å². The van der Waals surface area contributed by atoms with E-state index in [2.05, 4.69) is 4.99 Å². The molecule has 3 nitrogen and oxygen atoms in total. The van der Waals surface area contributed by atoms with E-state index in [4.69, 9.17) is 5.73 Å². The van der Waals surface area contributed by atoms with E-state index in [1.807, 2.05) is 13.1 Å². The second-order valence-corrected chi connectivity index (χ2v) is 3.80. The quantitative estimate of drug-likeness (QED) is 0.835. The normalized spacial score (nSPS) is 20.4. The molecule has 0 amide bonds. The van der Waals surface area contributed by atoms with Crippen LogP contribution in [0.1, 0.15) is 23.6 Å². The van der Waals surface area contributed by atoms with Crippen LogP contribution >= 0.6 is 0 Å². The molecule has 0 saturated heterocycles. The van der Waals surface area contributed by atoms with E-state index in [1.54, 1.807) is 11.0 Å². The van der Waals surface area contributed by atoms with Gasteiger partial charge in [0.15, 0.2) is 5.96 Å². The highest BCUT2D eigenvalue weighted by molar-refractivity contribution is 5.80. The van der Waals surface area contributed by atoms with Crippen molar-refractivity contribution >= 4 is 5.96 Å². The van der Waals surface area contributed by atoms with Gasteiger partial charge >= 0.3 is 0 Å². The van der Waals surface area contributed by atoms with Crippen LogP contribution in [0.4, 0.5) is 8.78 Å². The van der Waals surface area contributed by atoms with Gasteiger partial charge in [0.05, 0.1) is 12.6 Å². The molecule has 5 heteroatoms. The van der Waals surface area contributed by atoms with Crippen molar-refractivity contribution in [3.63, 3.8) is 0 Å². The van der Waals surface area contributed by atoms with E-state index in [0.717, 1.165) is 5.56 Å². The molecule has 16 heavy (non-hydrogen) atoms. The maximum absolute atomic E-state index is 12.5. The first-order valence-corrected chi connectivity index (χ1v) is 5.00. The highest BCUT2D eigenvalue weighted by atomic mass is 19.3. The van der Waals surface area contributed by atoms with Crippen molar-refractivity contribution in [2.45, 2.75) is 12.5 Å². The second kappa shape index (κ2) is 4.08. The molecule has 1 aliphatic rings. The average molecular weight is 225 g/mol. The Kier molecular flexibility index (Phi) is 2.77. The summed E-state index contributed by atoms with van der Waals surface area (Å²) in [5, 5.41) is 0. The van der Waals surface area contributed by atoms with Gasteiger partial charge in [-0.2, -0.15) is 0 Å². The fraction of sp³-hybridized carbons (Fsp3) is 0.364. The molecule has 86 valence electrons. The van der Waals surface area contributed by atoms with Gasteiger partial charge < -0.3 is 10.6 Å². The zero-order chi connectivity index (χ0) is 11.7. The molecule has 0 fully saturated rings. The molecule has 0 aromatic heterocycles. The molecule has 1 aliphatic heterocycles. The summed E-state index contributed by atoms with van der Waals surface area (Å²) in [6.45, 7) is 0.523. The molecule has 0 bridgehead atoms. The lowest BCUT2D eigenvalue weighted by Gasteiger charge is -2.21. The topological polar surface area (TPSA) is 41.6 Å². The Morgan fingerprint density at radius 2 is 2.25 bits per heavy atom. The molecule has 1 heterocycles. The number of hydrogen-bond acceptors (Lipinski definition) is 3. The molecule has 1 aromatic carbocycles. The summed E-state index contributed by atoms with van der Waals surface area (Å²) in [6, 6.07) is 6.37. The van der Waals surface area contributed by atoms with Crippen LogP contribution in [-0.2, 0) is 0 Å². The third-order valence-electron chi connectivity index (χ3n) is 2.80. The summed E-state index contributed by atoms with van der Waals surface area (Å²) in [6.07, 6.45) is -2.44. The van der Waals surface area contributed by atoms with E-state index in [-0.39, 0.29) is 11.6 Å². The van der Waals surface area contributed by atoms with Crippen molar-refractivity contribution < 1.29 is 8.78 Å². The number of alkyl halides is 2. The Morgan fingerprint density at radius 1 is 1.50 bits per heavy atom. The molecule has 0 aliphatic carbocycles. The average Bonchev–Trinajstić information content (AvgIpc) is 2.60. The number of halogens is 2. The first-order chi connectivity index (χ1) is 7.59. The molecule has 0 radical (unpaired) electrons. The molecular formula is C11H13F2N3. The summed E-state index contributed by atoms with van der Waals surface area (Å²) in [7, 11) is 1.81. The number of aliphatic imine (C=N–C) groups is 1. The Balaban J connectivity index is 2.25. The maximum atomic E-state index is 12.5. The predicted molar refractivity (Wildman–Crippen MR) is 58.4 cm³/mol. The number of guanidine groups is 1. The molecule has 2 N–H and O–H groups in total. The van der Waals surface area contributed by atoms with Gasteiger partial charge in [-0.15, -0.1) is 0 Å². The maximum Gasteiger partial charge on any atom is 0.263 e. The standard InChI is InChI=1S/C11H13F2N3/c1-16-9(6-15-11(16)14)7-3-2-4-8(5-7)10(12)13/h2-5,9-10H,6H2,1H3,(H2,14,15). The van der Waals surface area contributed by atoms with Crippen LogP contribution in [-0.4, -0.2) is 24.5 Å². The van der Waals surface area contributed by atoms with Gasteiger partial charge in [-0.25, -0.2) is 8.78 Å². The third kappa shape index (κ3) is 1.85. The zero-order valence-corrected chi connectivity index (χ0v) is 8.90. The van der Waals surface area contributed by atoms with Gasteiger partial charge in [-0.1, -0.05) is 18.2 Å². The van der Waals surface area contributed by atoms with E-state index in [9.17, 15) is 8.78 Å². The lowest BCUT2D eigenvalue weighted by molar-refractivity contribution is 0.151. The van der Waals surface area contributed by atoms with Gasteiger partial charge in [0.1, 0.15) is 0 Å². The van der Waals surface area contributed by atoms with Crippen molar-refractivity contribution in [1.82, 2.24) is 4.90 Å². The third-order valence-corrected chi connectivity index (χ3v) is 2.80. The molecule has 0 saturated carbocycles. The minimum absolute atomic E-state index is 0.0290. The predicted octanol–water partition coefficient (Wildman–Crippen LogP) is 1.93. The van der Waals surface area contributed by atoms with Crippen molar-refractivity contribution in [1.29, 1.82) is 0 Å². The Bertz CT molecular complexity index is 417. The largest absolute Gasteiger partial charge is 0.370 e. The fourth-order valence-electron chi connectivity index (χ4n) is 1.80. The van der Waals surface area contributed by atoms with E-state index < -0.39 is 6.43 Å². The lowest BCUT2D eigenvalue weighted by Crippen LogP contribution is -2.32. The number of rotatable bonds is 2. The molecule has 1 unspecified atom stereocenters. The summed E-state index contributed by atoms with van der Waals surface area (Å²) in [4.78, 5) is 5.88. The Hall–Kier alpha value is -1.65. The Labute approximate surface area is 92.6 Å². The van der Waals surface area contributed by atoms with Crippen molar-refractivity contribution in [3.8, 4) is 0 Å². The van der Waals surface area contributed by atoms with Gasteiger partial charge in [0, 0.05) is 12.6 Å². The van der Waals surface area contributed by atoms with Gasteiger partial charge in [0.2, 0.25) is 0 Å². The molecular weight excluding hydrogens is 212 g/mol. The van der Waals surface area contributed by atoms with Crippen LogP contribution in [0, 0.1) is 0 Å². The van der Waals surface area contributed by atoms with Crippen LogP contribution in [0.25, 0.3) is 0 Å². The number of nitrogens with zero attached hydrogens (tertiary/aromatic N) is 2. The van der Waals surface area contributed by atoms with E-state index in [0.29, 0.717) is 12.5 Å². The first-order valence-electron chi connectivity index (χ1n) is 5.00. The first kappa shape index (κ1) is 10.9. The number of nitrogens with two attached hydrogens (primary N) is 1. The van der Waals surface area contributed by atoms with Gasteiger partial charge in [-0.3, -0.25) is 4.99 Å². The summed E-state index contributed by atoms with van der Waals surface area (Å²) in [5.41, 5.74) is 6.49. The van der Waals surface area contributed by atoms with E-state index in [1.165, 1.54) is 12.1 Å². The second-order valence-electron chi connectivity index (χ2n) is 3.80. The highest BCUT2D eigenvalue weighted by Crippen LogP contribution is 2.27. The number of hydrogen-bond donors (Lipinski definition) is 1. The van der Waals surface area contributed by atoms with Gasteiger partial charge in [0.25, 0.3) is 6.43 Å². The van der Waals surface area contributed by atoms with Crippen molar-refractivity contribution in [3.05, 3.63) is 35.4 Å². The molecule has 1 aromatic rings. The molecule has 0 spiro atoms. The van der Waals surface area contributed by atoms with Crippen LogP contribution in [0.2, 0.25) is 0 Å². The smallest absolute Gasteiger partial charge is 0.263 e. The van der Waals surface area contributed by atoms with E-state index >= 15 is 0 Å². The fourth-order valence-corrected chi connectivity index (χ4v) is 1.80. The van der Waals surface area contributed by atoms with Crippen LogP contribution in [0.5, 0.6) is 0 Å². The molecule has 2 rings (SSSR count).